The van der Waals surface area contributed by atoms with E-state index >= 15 is 0 Å². The van der Waals surface area contributed by atoms with E-state index in [-0.39, 0.29) is 18.6 Å². The summed E-state index contributed by atoms with van der Waals surface area (Å²) >= 11 is 0. The fourth-order valence-electron chi connectivity index (χ4n) is 3.11. The summed E-state index contributed by atoms with van der Waals surface area (Å²) in [5.41, 5.74) is 0.732. The third-order valence-electron chi connectivity index (χ3n) is 4.35. The van der Waals surface area contributed by atoms with Gasteiger partial charge in [-0.1, -0.05) is 43.3 Å². The average Bonchev–Trinajstić information content (AvgIpc) is 2.86. The quantitative estimate of drug-likeness (QED) is 0.910. The summed E-state index contributed by atoms with van der Waals surface area (Å²) < 4.78 is 0. The summed E-state index contributed by atoms with van der Waals surface area (Å²) in [6.07, 6.45) is 0.960. The van der Waals surface area contributed by atoms with E-state index in [0.29, 0.717) is 5.92 Å². The van der Waals surface area contributed by atoms with E-state index in [9.17, 15) is 9.90 Å². The number of amides is 1. The smallest absolute Gasteiger partial charge is 0.254 e. The first kappa shape index (κ1) is 13.1. The SMILES string of the molecule is CC1CCN(C(=O)c2cccc3ccccc23)C1CO. The number of rotatable bonds is 2. The highest BCUT2D eigenvalue weighted by atomic mass is 16.3. The van der Waals surface area contributed by atoms with E-state index in [1.807, 2.05) is 47.4 Å². The van der Waals surface area contributed by atoms with Crippen molar-refractivity contribution in [1.29, 1.82) is 0 Å². The van der Waals surface area contributed by atoms with Crippen molar-refractivity contribution in [3.8, 4) is 0 Å². The molecule has 2 aromatic carbocycles. The number of aliphatic hydroxyl groups is 1. The largest absolute Gasteiger partial charge is 0.394 e. The molecule has 3 rings (SSSR count). The van der Waals surface area contributed by atoms with Gasteiger partial charge in [-0.05, 0) is 29.2 Å². The lowest BCUT2D eigenvalue weighted by Gasteiger charge is -2.25. The average molecular weight is 269 g/mol. The molecule has 2 aromatic rings. The van der Waals surface area contributed by atoms with E-state index in [1.165, 1.54) is 0 Å². The minimum atomic E-state index is -0.0542. The van der Waals surface area contributed by atoms with Crippen molar-refractivity contribution in [2.45, 2.75) is 19.4 Å². The highest BCUT2D eigenvalue weighted by molar-refractivity contribution is 6.07. The number of carbonyl (C=O) groups excluding carboxylic acids is 1. The second-order valence-electron chi connectivity index (χ2n) is 5.54. The van der Waals surface area contributed by atoms with Gasteiger partial charge < -0.3 is 10.0 Å². The van der Waals surface area contributed by atoms with E-state index in [0.717, 1.165) is 29.3 Å². The zero-order valence-electron chi connectivity index (χ0n) is 11.6. The lowest BCUT2D eigenvalue weighted by Crippen LogP contribution is -2.39. The molecule has 0 radical (unpaired) electrons. The van der Waals surface area contributed by atoms with Crippen LogP contribution in [0.2, 0.25) is 0 Å². The molecule has 1 saturated heterocycles. The number of likely N-dealkylation sites (tertiary alicyclic amines) is 1. The Bertz CT molecular complexity index is 632. The predicted octanol–water partition coefficient (Wildman–Crippen LogP) is 2.68. The van der Waals surface area contributed by atoms with Gasteiger partial charge in [0, 0.05) is 12.1 Å². The van der Waals surface area contributed by atoms with Gasteiger partial charge in [0.25, 0.3) is 5.91 Å². The van der Waals surface area contributed by atoms with Gasteiger partial charge in [-0.2, -0.15) is 0 Å². The highest BCUT2D eigenvalue weighted by Crippen LogP contribution is 2.27. The molecule has 0 saturated carbocycles. The summed E-state index contributed by atoms with van der Waals surface area (Å²) in [4.78, 5) is 14.6. The minimum Gasteiger partial charge on any atom is -0.394 e. The molecule has 0 spiro atoms. The summed E-state index contributed by atoms with van der Waals surface area (Å²) in [5.74, 6) is 0.393. The number of fused-ring (bicyclic) bond motifs is 1. The summed E-state index contributed by atoms with van der Waals surface area (Å²) in [6, 6.07) is 13.7. The first-order chi connectivity index (χ1) is 9.72. The standard InChI is InChI=1S/C17H19NO2/c1-12-9-10-18(16(12)11-19)17(20)15-8-4-6-13-5-2-3-7-14(13)15/h2-8,12,16,19H,9-11H2,1H3. The molecule has 3 nitrogen and oxygen atoms in total. The normalized spacial score (nSPS) is 22.4. The van der Waals surface area contributed by atoms with Crippen molar-refractivity contribution >= 4 is 16.7 Å². The van der Waals surface area contributed by atoms with Gasteiger partial charge in [-0.25, -0.2) is 0 Å². The van der Waals surface area contributed by atoms with Gasteiger partial charge in [-0.15, -0.1) is 0 Å². The van der Waals surface area contributed by atoms with E-state index in [1.54, 1.807) is 0 Å². The van der Waals surface area contributed by atoms with Crippen LogP contribution in [-0.2, 0) is 0 Å². The van der Waals surface area contributed by atoms with Crippen LogP contribution in [0.5, 0.6) is 0 Å². The van der Waals surface area contributed by atoms with Crippen molar-refractivity contribution < 1.29 is 9.90 Å². The van der Waals surface area contributed by atoms with Gasteiger partial charge >= 0.3 is 0 Å². The first-order valence-electron chi connectivity index (χ1n) is 7.12. The second-order valence-corrected chi connectivity index (χ2v) is 5.54. The zero-order valence-corrected chi connectivity index (χ0v) is 11.6. The number of hydrogen-bond donors (Lipinski definition) is 1. The molecule has 2 unspecified atom stereocenters. The number of aliphatic hydroxyl groups excluding tert-OH is 1. The molecule has 1 aliphatic rings. The molecular formula is C17H19NO2. The Morgan fingerprint density at radius 2 is 2.00 bits per heavy atom. The van der Waals surface area contributed by atoms with Gasteiger partial charge in [0.15, 0.2) is 0 Å². The minimum absolute atomic E-state index is 0.0326. The van der Waals surface area contributed by atoms with Gasteiger partial charge in [0.2, 0.25) is 0 Å². The molecule has 2 atom stereocenters. The van der Waals surface area contributed by atoms with Crippen LogP contribution in [0.1, 0.15) is 23.7 Å². The third kappa shape index (κ3) is 2.08. The van der Waals surface area contributed by atoms with Crippen molar-refractivity contribution in [3.05, 3.63) is 48.0 Å². The van der Waals surface area contributed by atoms with Crippen LogP contribution >= 0.6 is 0 Å². The Morgan fingerprint density at radius 1 is 1.25 bits per heavy atom. The number of benzene rings is 2. The summed E-state index contributed by atoms with van der Waals surface area (Å²) in [5, 5.41) is 11.6. The molecule has 0 bridgehead atoms. The maximum absolute atomic E-state index is 12.8. The molecule has 1 N–H and O–H groups in total. The fourth-order valence-corrected chi connectivity index (χ4v) is 3.11. The maximum Gasteiger partial charge on any atom is 0.254 e. The molecular weight excluding hydrogens is 250 g/mol. The zero-order chi connectivity index (χ0) is 14.1. The number of nitrogens with zero attached hydrogens (tertiary/aromatic N) is 1. The molecule has 1 heterocycles. The highest BCUT2D eigenvalue weighted by Gasteiger charge is 2.34. The molecule has 3 heteroatoms. The molecule has 0 aromatic heterocycles. The van der Waals surface area contributed by atoms with Crippen molar-refractivity contribution in [3.63, 3.8) is 0 Å². The Hall–Kier alpha value is -1.87. The van der Waals surface area contributed by atoms with Crippen LogP contribution in [0.25, 0.3) is 10.8 Å². The molecule has 0 aliphatic carbocycles. The van der Waals surface area contributed by atoms with Crippen LogP contribution < -0.4 is 0 Å². The Labute approximate surface area is 118 Å². The Kier molecular flexibility index (Phi) is 3.45. The Balaban J connectivity index is 2.01. The van der Waals surface area contributed by atoms with Crippen LogP contribution in [-0.4, -0.2) is 35.1 Å². The second kappa shape index (κ2) is 5.25. The fraction of sp³-hybridized carbons (Fsp3) is 0.353. The van der Waals surface area contributed by atoms with E-state index in [4.69, 9.17) is 0 Å². The third-order valence-corrected chi connectivity index (χ3v) is 4.35. The molecule has 1 aliphatic heterocycles. The molecule has 104 valence electrons. The lowest BCUT2D eigenvalue weighted by atomic mass is 10.0. The molecule has 1 amide bonds. The van der Waals surface area contributed by atoms with Crippen molar-refractivity contribution in [2.75, 3.05) is 13.2 Å². The summed E-state index contributed by atoms with van der Waals surface area (Å²) in [6.45, 7) is 2.86. The van der Waals surface area contributed by atoms with Crippen LogP contribution in [0, 0.1) is 5.92 Å². The molecule has 1 fully saturated rings. The molecule has 20 heavy (non-hydrogen) atoms. The summed E-state index contributed by atoms with van der Waals surface area (Å²) in [7, 11) is 0. The predicted molar refractivity (Wildman–Crippen MR) is 79.6 cm³/mol. The van der Waals surface area contributed by atoms with Crippen LogP contribution in [0.4, 0.5) is 0 Å². The van der Waals surface area contributed by atoms with Gasteiger partial charge in [0.1, 0.15) is 0 Å². The lowest BCUT2D eigenvalue weighted by molar-refractivity contribution is 0.0650. The van der Waals surface area contributed by atoms with E-state index < -0.39 is 0 Å². The van der Waals surface area contributed by atoms with E-state index in [2.05, 4.69) is 6.92 Å². The topological polar surface area (TPSA) is 40.5 Å². The van der Waals surface area contributed by atoms with Gasteiger partial charge in [0.05, 0.1) is 12.6 Å². The number of carbonyl (C=O) groups is 1. The van der Waals surface area contributed by atoms with Crippen molar-refractivity contribution in [1.82, 2.24) is 4.90 Å². The van der Waals surface area contributed by atoms with Gasteiger partial charge in [-0.3, -0.25) is 4.79 Å². The Morgan fingerprint density at radius 3 is 2.80 bits per heavy atom. The monoisotopic (exact) mass is 269 g/mol. The maximum atomic E-state index is 12.8. The first-order valence-corrected chi connectivity index (χ1v) is 7.12. The van der Waals surface area contributed by atoms with Crippen LogP contribution in [0.15, 0.2) is 42.5 Å². The number of hydrogen-bond acceptors (Lipinski definition) is 2. The van der Waals surface area contributed by atoms with Crippen LogP contribution in [0.3, 0.4) is 0 Å². The van der Waals surface area contributed by atoms with Crippen molar-refractivity contribution in [2.24, 2.45) is 5.92 Å².